The van der Waals surface area contributed by atoms with Crippen molar-refractivity contribution < 1.29 is 8.42 Å². The van der Waals surface area contributed by atoms with E-state index in [-0.39, 0.29) is 41.2 Å². The van der Waals surface area contributed by atoms with Gasteiger partial charge in [-0.15, -0.1) is 35.3 Å². The largest absolute Gasteiger partial charge is 0.356 e. The highest BCUT2D eigenvalue weighted by molar-refractivity contribution is 14.0. The van der Waals surface area contributed by atoms with Crippen LogP contribution in [-0.2, 0) is 21.9 Å². The summed E-state index contributed by atoms with van der Waals surface area (Å²) in [7, 11) is -1.32. The number of sulfonamides is 1. The summed E-state index contributed by atoms with van der Waals surface area (Å²) in [5, 5.41) is 10.0. The molecule has 2 heterocycles. The van der Waals surface area contributed by atoms with Gasteiger partial charge in [-0.25, -0.2) is 17.7 Å². The predicted molar refractivity (Wildman–Crippen MR) is 128 cm³/mol. The number of aliphatic imine (C=N–C) groups is 1. The van der Waals surface area contributed by atoms with Crippen molar-refractivity contribution in [3.63, 3.8) is 0 Å². The molecule has 0 radical (unpaired) electrons. The molecule has 0 aromatic carbocycles. The number of rotatable bonds is 6. The Morgan fingerprint density at radius 3 is 2.50 bits per heavy atom. The molecular formula is C18H34IN5O2S2. The summed E-state index contributed by atoms with van der Waals surface area (Å²) in [5.41, 5.74) is 1.22. The number of nitrogens with one attached hydrogen (secondary N) is 2. The van der Waals surface area contributed by atoms with E-state index in [0.29, 0.717) is 13.1 Å². The van der Waals surface area contributed by atoms with Crippen molar-refractivity contribution in [1.29, 1.82) is 0 Å². The first-order valence-corrected chi connectivity index (χ1v) is 12.0. The standard InChI is InChI=1S/C18H33N5O2S2.HI/c1-6-27(24,25)23-11-8-14(9-12-23)21-17(19-5)20-10-7-16-22-15(13-26-16)18(2,3)4;/h13-14H,6-12H2,1-5H3,(H2,19,20,21);1H. The van der Waals surface area contributed by atoms with E-state index in [0.717, 1.165) is 42.5 Å². The van der Waals surface area contributed by atoms with Gasteiger partial charge in [-0.3, -0.25) is 4.99 Å². The van der Waals surface area contributed by atoms with Crippen LogP contribution in [0.25, 0.3) is 0 Å². The van der Waals surface area contributed by atoms with Gasteiger partial charge in [0.2, 0.25) is 10.0 Å². The Labute approximate surface area is 190 Å². The van der Waals surface area contributed by atoms with Crippen LogP contribution in [-0.4, -0.2) is 62.1 Å². The van der Waals surface area contributed by atoms with Gasteiger partial charge in [-0.1, -0.05) is 20.8 Å². The molecule has 162 valence electrons. The molecule has 0 unspecified atom stereocenters. The van der Waals surface area contributed by atoms with Gasteiger partial charge in [0.15, 0.2) is 5.96 Å². The van der Waals surface area contributed by atoms with Gasteiger partial charge in [0, 0.05) is 49.9 Å². The highest BCUT2D eigenvalue weighted by atomic mass is 127. The zero-order valence-corrected chi connectivity index (χ0v) is 21.5. The molecule has 1 aliphatic rings. The average molecular weight is 544 g/mol. The Morgan fingerprint density at radius 2 is 2.00 bits per heavy atom. The van der Waals surface area contributed by atoms with Crippen LogP contribution in [0.4, 0.5) is 0 Å². The Hall–Kier alpha value is -0.460. The molecule has 2 N–H and O–H groups in total. The molecule has 1 aliphatic heterocycles. The van der Waals surface area contributed by atoms with Gasteiger partial charge in [0.1, 0.15) is 0 Å². The number of aromatic nitrogens is 1. The van der Waals surface area contributed by atoms with Crippen LogP contribution in [0.15, 0.2) is 10.4 Å². The smallest absolute Gasteiger partial charge is 0.213 e. The van der Waals surface area contributed by atoms with Crippen molar-refractivity contribution in [2.75, 3.05) is 32.4 Å². The zero-order chi connectivity index (χ0) is 20.1. The molecule has 0 amide bonds. The first-order valence-electron chi connectivity index (χ1n) is 9.55. The van der Waals surface area contributed by atoms with E-state index in [9.17, 15) is 8.42 Å². The Bertz CT molecular complexity index is 735. The van der Waals surface area contributed by atoms with Crippen molar-refractivity contribution in [2.45, 2.75) is 58.4 Å². The molecule has 28 heavy (non-hydrogen) atoms. The number of piperidine rings is 1. The molecule has 0 aliphatic carbocycles. The number of nitrogens with zero attached hydrogens (tertiary/aromatic N) is 3. The maximum absolute atomic E-state index is 11.9. The first kappa shape index (κ1) is 25.6. The van der Waals surface area contributed by atoms with E-state index >= 15 is 0 Å². The van der Waals surface area contributed by atoms with E-state index in [1.807, 2.05) is 0 Å². The lowest BCUT2D eigenvalue weighted by atomic mass is 9.93. The van der Waals surface area contributed by atoms with Crippen LogP contribution in [0.1, 0.15) is 51.2 Å². The maximum atomic E-state index is 11.9. The summed E-state index contributed by atoms with van der Waals surface area (Å²) in [6.07, 6.45) is 2.44. The molecule has 0 atom stereocenters. The fraction of sp³-hybridized carbons (Fsp3) is 0.778. The predicted octanol–water partition coefficient (Wildman–Crippen LogP) is 2.58. The highest BCUT2D eigenvalue weighted by Gasteiger charge is 2.27. The topological polar surface area (TPSA) is 86.7 Å². The lowest BCUT2D eigenvalue weighted by molar-refractivity contribution is 0.306. The molecule has 1 aromatic rings. The first-order chi connectivity index (χ1) is 12.7. The fourth-order valence-electron chi connectivity index (χ4n) is 2.91. The third kappa shape index (κ3) is 7.42. The van der Waals surface area contributed by atoms with Crippen LogP contribution in [0, 0.1) is 0 Å². The highest BCUT2D eigenvalue weighted by Crippen LogP contribution is 2.23. The number of hydrogen-bond acceptors (Lipinski definition) is 5. The number of hydrogen-bond donors (Lipinski definition) is 2. The summed E-state index contributed by atoms with van der Waals surface area (Å²) in [5.74, 6) is 0.932. The third-order valence-corrected chi connectivity index (χ3v) is 7.52. The molecule has 10 heteroatoms. The van der Waals surface area contributed by atoms with Gasteiger partial charge >= 0.3 is 0 Å². The second-order valence-corrected chi connectivity index (χ2v) is 11.0. The normalized spacial score (nSPS) is 17.2. The minimum atomic E-state index is -3.08. The number of halogens is 1. The second-order valence-electron chi connectivity index (χ2n) is 7.84. The van der Waals surface area contributed by atoms with Crippen molar-refractivity contribution in [3.8, 4) is 0 Å². The Balaban J connectivity index is 0.00000392. The van der Waals surface area contributed by atoms with E-state index < -0.39 is 10.0 Å². The number of guanidine groups is 1. The molecule has 0 spiro atoms. The van der Waals surface area contributed by atoms with Crippen molar-refractivity contribution in [2.24, 2.45) is 4.99 Å². The van der Waals surface area contributed by atoms with Crippen LogP contribution in [0.5, 0.6) is 0 Å². The summed E-state index contributed by atoms with van der Waals surface area (Å²) < 4.78 is 25.5. The lowest BCUT2D eigenvalue weighted by Crippen LogP contribution is -2.50. The van der Waals surface area contributed by atoms with Crippen molar-refractivity contribution in [1.82, 2.24) is 19.9 Å². The van der Waals surface area contributed by atoms with E-state index in [1.165, 1.54) is 0 Å². The van der Waals surface area contributed by atoms with Gasteiger partial charge in [-0.2, -0.15) is 0 Å². The van der Waals surface area contributed by atoms with Crippen molar-refractivity contribution in [3.05, 3.63) is 16.1 Å². The summed E-state index contributed by atoms with van der Waals surface area (Å²) in [6.45, 7) is 10.1. The molecule has 0 bridgehead atoms. The second kappa shape index (κ2) is 11.1. The van der Waals surface area contributed by atoms with Gasteiger partial charge < -0.3 is 10.6 Å². The third-order valence-electron chi connectivity index (χ3n) is 4.73. The lowest BCUT2D eigenvalue weighted by Gasteiger charge is -2.32. The maximum Gasteiger partial charge on any atom is 0.213 e. The van der Waals surface area contributed by atoms with E-state index in [4.69, 9.17) is 4.98 Å². The summed E-state index contributed by atoms with van der Waals surface area (Å²) >= 11 is 1.70. The molecule has 1 fully saturated rings. The van der Waals surface area contributed by atoms with Gasteiger partial charge in [0.25, 0.3) is 0 Å². The minimum Gasteiger partial charge on any atom is -0.356 e. The number of thiazole rings is 1. The van der Waals surface area contributed by atoms with Crippen LogP contribution in [0.3, 0.4) is 0 Å². The quantitative estimate of drug-likeness (QED) is 0.327. The van der Waals surface area contributed by atoms with Gasteiger partial charge in [0.05, 0.1) is 16.5 Å². The SMILES string of the molecule is CCS(=O)(=O)N1CCC(NC(=NC)NCCc2nc(C(C)(C)C)cs2)CC1.I. The fourth-order valence-corrected chi connectivity index (χ4v) is 5.06. The summed E-state index contributed by atoms with van der Waals surface area (Å²) in [4.78, 5) is 9.00. The Morgan fingerprint density at radius 1 is 1.36 bits per heavy atom. The zero-order valence-electron chi connectivity index (χ0n) is 17.5. The minimum absolute atomic E-state index is 0. The van der Waals surface area contributed by atoms with E-state index in [2.05, 4.69) is 41.8 Å². The monoisotopic (exact) mass is 543 g/mol. The van der Waals surface area contributed by atoms with Crippen LogP contribution in [0.2, 0.25) is 0 Å². The molecule has 7 nitrogen and oxygen atoms in total. The molecule has 2 rings (SSSR count). The van der Waals surface area contributed by atoms with Crippen LogP contribution >= 0.6 is 35.3 Å². The van der Waals surface area contributed by atoms with Crippen molar-refractivity contribution >= 4 is 51.3 Å². The molecule has 1 saturated heterocycles. The molecular weight excluding hydrogens is 509 g/mol. The van der Waals surface area contributed by atoms with Crippen LogP contribution < -0.4 is 10.6 Å². The van der Waals surface area contributed by atoms with E-state index in [1.54, 1.807) is 29.6 Å². The molecule has 1 aromatic heterocycles. The average Bonchev–Trinajstić information content (AvgIpc) is 3.10. The van der Waals surface area contributed by atoms with Gasteiger partial charge in [-0.05, 0) is 19.8 Å². The molecule has 0 saturated carbocycles. The summed E-state index contributed by atoms with van der Waals surface area (Å²) in [6, 6.07) is 0.242. The Kier molecular flexibility index (Phi) is 10.1.